The lowest BCUT2D eigenvalue weighted by molar-refractivity contribution is -0.155. The Hall–Kier alpha value is -2.93. The van der Waals surface area contributed by atoms with Crippen molar-refractivity contribution in [3.05, 3.63) is 48.2 Å². The number of likely N-dealkylation sites (tertiary alicyclic amines) is 2. The average Bonchev–Trinajstić information content (AvgIpc) is 3.06. The van der Waals surface area contributed by atoms with Crippen LogP contribution in [0.15, 0.2) is 42.6 Å². The molecule has 0 bridgehead atoms. The van der Waals surface area contributed by atoms with Gasteiger partial charge in [0.25, 0.3) is 5.91 Å². The molecule has 1 aromatic heterocycles. The average molecular weight is 463 g/mol. The minimum Gasteiger partial charge on any atom is -0.459 e. The molecule has 3 saturated heterocycles. The molecule has 3 fully saturated rings. The minimum atomic E-state index is -0.468. The van der Waals surface area contributed by atoms with Crippen molar-refractivity contribution >= 4 is 17.6 Å². The molecule has 0 radical (unpaired) electrons. The first kappa shape index (κ1) is 22.8. The molecule has 7 heteroatoms. The Bertz CT molecular complexity index is 1090. The van der Waals surface area contributed by atoms with Crippen LogP contribution in [0.3, 0.4) is 0 Å². The summed E-state index contributed by atoms with van der Waals surface area (Å²) >= 11 is 0. The zero-order chi connectivity index (χ0) is 23.9. The zero-order valence-electron chi connectivity index (χ0n) is 20.1. The zero-order valence-corrected chi connectivity index (χ0v) is 20.1. The quantitative estimate of drug-likeness (QED) is 0.691. The number of nitrogen functional groups attached to an aromatic ring is 1. The second-order valence-electron chi connectivity index (χ2n) is 10.7. The number of aromatic nitrogens is 1. The van der Waals surface area contributed by atoms with Crippen molar-refractivity contribution < 1.29 is 14.3 Å². The standard InChI is InChI=1S/C27H34N4O3/c1-26(2)17-27(25(33)34-26)12-8-13-30(18-27)23-11-6-7-14-31(23)24(32)20-15-22(29-16-21(20)28)19-9-4-3-5-10-19/h3-5,9-10,15-16,23H,6-8,11-14,17-18,28H2,1-2H3. The van der Waals surface area contributed by atoms with Crippen LogP contribution in [0.2, 0.25) is 0 Å². The molecular formula is C27H34N4O3. The van der Waals surface area contributed by atoms with Crippen molar-refractivity contribution in [1.29, 1.82) is 0 Å². The number of esters is 1. The third-order valence-corrected chi connectivity index (χ3v) is 7.56. The van der Waals surface area contributed by atoms with E-state index in [0.717, 1.165) is 56.3 Å². The molecule has 180 valence electrons. The number of benzene rings is 1. The van der Waals surface area contributed by atoms with Gasteiger partial charge in [-0.15, -0.1) is 0 Å². The highest BCUT2D eigenvalue weighted by atomic mass is 16.6. The van der Waals surface area contributed by atoms with E-state index in [1.807, 2.05) is 55.1 Å². The summed E-state index contributed by atoms with van der Waals surface area (Å²) in [7, 11) is 0. The number of pyridine rings is 1. The molecule has 0 saturated carbocycles. The molecule has 0 aliphatic carbocycles. The number of ether oxygens (including phenoxy) is 1. The van der Waals surface area contributed by atoms with Crippen molar-refractivity contribution in [3.8, 4) is 11.3 Å². The summed E-state index contributed by atoms with van der Waals surface area (Å²) in [6.07, 6.45) is 6.99. The fourth-order valence-electron chi connectivity index (χ4n) is 6.12. The highest BCUT2D eigenvalue weighted by molar-refractivity contribution is 6.00. The number of amides is 1. The monoisotopic (exact) mass is 462 g/mol. The molecule has 4 heterocycles. The van der Waals surface area contributed by atoms with Crippen LogP contribution in [0.4, 0.5) is 5.69 Å². The Kier molecular flexibility index (Phi) is 5.84. The van der Waals surface area contributed by atoms with Gasteiger partial charge >= 0.3 is 5.97 Å². The Morgan fingerprint density at radius 1 is 1.15 bits per heavy atom. The SMILES string of the molecule is CC1(C)CC2(CCCN(C3CCCCN3C(=O)c3cc(-c4ccccc4)ncc3N)C2)C(=O)O1. The molecule has 2 unspecified atom stereocenters. The highest BCUT2D eigenvalue weighted by Crippen LogP contribution is 2.47. The van der Waals surface area contributed by atoms with Crippen LogP contribution in [-0.4, -0.2) is 58.1 Å². The largest absolute Gasteiger partial charge is 0.459 e. The lowest BCUT2D eigenvalue weighted by Gasteiger charge is -2.47. The van der Waals surface area contributed by atoms with Crippen LogP contribution in [0.5, 0.6) is 0 Å². The number of nitrogens with zero attached hydrogens (tertiary/aromatic N) is 3. The van der Waals surface area contributed by atoms with E-state index in [0.29, 0.717) is 24.3 Å². The lowest BCUT2D eigenvalue weighted by atomic mass is 9.75. The van der Waals surface area contributed by atoms with E-state index in [-0.39, 0.29) is 18.0 Å². The van der Waals surface area contributed by atoms with Crippen molar-refractivity contribution in [2.45, 2.75) is 64.1 Å². The molecule has 7 nitrogen and oxygen atoms in total. The van der Waals surface area contributed by atoms with Gasteiger partial charge in [-0.3, -0.25) is 19.5 Å². The first-order valence-corrected chi connectivity index (χ1v) is 12.4. The highest BCUT2D eigenvalue weighted by Gasteiger charge is 2.55. The second-order valence-corrected chi connectivity index (χ2v) is 10.7. The first-order valence-electron chi connectivity index (χ1n) is 12.4. The van der Waals surface area contributed by atoms with E-state index in [2.05, 4.69) is 9.88 Å². The number of carbonyl (C=O) groups excluding carboxylic acids is 2. The summed E-state index contributed by atoms with van der Waals surface area (Å²) < 4.78 is 5.72. The number of cyclic esters (lactones) is 1. The third-order valence-electron chi connectivity index (χ3n) is 7.56. The number of piperidine rings is 2. The summed E-state index contributed by atoms with van der Waals surface area (Å²) in [6, 6.07) is 11.6. The molecule has 3 aliphatic heterocycles. The van der Waals surface area contributed by atoms with Gasteiger partial charge in [0.05, 0.1) is 34.7 Å². The number of hydrogen-bond donors (Lipinski definition) is 1. The van der Waals surface area contributed by atoms with Crippen molar-refractivity contribution in [3.63, 3.8) is 0 Å². The van der Waals surface area contributed by atoms with Crippen LogP contribution >= 0.6 is 0 Å². The van der Waals surface area contributed by atoms with Crippen LogP contribution in [0.25, 0.3) is 11.3 Å². The van der Waals surface area contributed by atoms with Crippen molar-refractivity contribution in [2.24, 2.45) is 5.41 Å². The maximum atomic E-state index is 13.8. The number of anilines is 1. The van der Waals surface area contributed by atoms with Gasteiger partial charge in [-0.05, 0) is 52.0 Å². The van der Waals surface area contributed by atoms with Crippen molar-refractivity contribution in [1.82, 2.24) is 14.8 Å². The van der Waals surface area contributed by atoms with Crippen LogP contribution in [-0.2, 0) is 9.53 Å². The summed E-state index contributed by atoms with van der Waals surface area (Å²) in [5.41, 5.74) is 7.93. The van der Waals surface area contributed by atoms with Crippen LogP contribution in [0, 0.1) is 5.41 Å². The molecule has 1 spiro atoms. The molecule has 34 heavy (non-hydrogen) atoms. The van der Waals surface area contributed by atoms with Gasteiger partial charge in [0.2, 0.25) is 0 Å². The predicted molar refractivity (Wildman–Crippen MR) is 131 cm³/mol. The second kappa shape index (κ2) is 8.69. The molecule has 1 aromatic carbocycles. The Labute approximate surface area is 201 Å². The van der Waals surface area contributed by atoms with E-state index in [4.69, 9.17) is 10.5 Å². The van der Waals surface area contributed by atoms with E-state index < -0.39 is 11.0 Å². The van der Waals surface area contributed by atoms with E-state index >= 15 is 0 Å². The first-order chi connectivity index (χ1) is 16.3. The molecule has 1 amide bonds. The molecule has 3 aliphatic rings. The van der Waals surface area contributed by atoms with Crippen molar-refractivity contribution in [2.75, 3.05) is 25.4 Å². The number of nitrogens with two attached hydrogens (primary N) is 1. The molecule has 5 rings (SSSR count). The minimum absolute atomic E-state index is 0.0392. The molecule has 2 aromatic rings. The number of rotatable bonds is 3. The van der Waals surface area contributed by atoms with Gasteiger partial charge in [-0.2, -0.15) is 0 Å². The third kappa shape index (κ3) is 4.17. The molecule has 2 atom stereocenters. The Morgan fingerprint density at radius 3 is 2.68 bits per heavy atom. The smallest absolute Gasteiger partial charge is 0.314 e. The maximum Gasteiger partial charge on any atom is 0.314 e. The number of hydrogen-bond acceptors (Lipinski definition) is 6. The predicted octanol–water partition coefficient (Wildman–Crippen LogP) is 4.09. The molecular weight excluding hydrogens is 428 g/mol. The van der Waals surface area contributed by atoms with Gasteiger partial charge in [0.1, 0.15) is 5.60 Å². The Balaban J connectivity index is 1.41. The Morgan fingerprint density at radius 2 is 1.94 bits per heavy atom. The summed E-state index contributed by atoms with van der Waals surface area (Å²) in [4.78, 5) is 35.5. The fourth-order valence-corrected chi connectivity index (χ4v) is 6.12. The number of carbonyl (C=O) groups is 2. The van der Waals surface area contributed by atoms with Gasteiger partial charge in [0, 0.05) is 31.6 Å². The van der Waals surface area contributed by atoms with E-state index in [1.54, 1.807) is 6.20 Å². The topological polar surface area (TPSA) is 88.8 Å². The van der Waals surface area contributed by atoms with Crippen LogP contribution in [0.1, 0.15) is 62.7 Å². The molecule has 2 N–H and O–H groups in total. The van der Waals surface area contributed by atoms with Gasteiger partial charge in [0.15, 0.2) is 0 Å². The maximum absolute atomic E-state index is 13.8. The normalized spacial score (nSPS) is 27.1. The fraction of sp³-hybridized carbons (Fsp3) is 0.519. The van der Waals surface area contributed by atoms with Gasteiger partial charge in [-0.1, -0.05) is 30.3 Å². The van der Waals surface area contributed by atoms with E-state index in [1.165, 1.54) is 0 Å². The van der Waals surface area contributed by atoms with Crippen LogP contribution < -0.4 is 5.73 Å². The lowest BCUT2D eigenvalue weighted by Crippen LogP contribution is -2.58. The van der Waals surface area contributed by atoms with Gasteiger partial charge in [-0.25, -0.2) is 0 Å². The summed E-state index contributed by atoms with van der Waals surface area (Å²) in [5, 5.41) is 0. The summed E-state index contributed by atoms with van der Waals surface area (Å²) in [5.74, 6) is -0.141. The summed E-state index contributed by atoms with van der Waals surface area (Å²) in [6.45, 7) is 6.19. The van der Waals surface area contributed by atoms with Gasteiger partial charge < -0.3 is 15.4 Å². The van der Waals surface area contributed by atoms with E-state index in [9.17, 15) is 9.59 Å².